The van der Waals surface area contributed by atoms with E-state index < -0.39 is 0 Å². The lowest BCUT2D eigenvalue weighted by atomic mass is 10.1. The summed E-state index contributed by atoms with van der Waals surface area (Å²) in [5, 5.41) is 1.04. The minimum Gasteiger partial charge on any atom is -0.494 e. The fourth-order valence-electron chi connectivity index (χ4n) is 3.59. The van der Waals surface area contributed by atoms with E-state index in [0.717, 1.165) is 46.3 Å². The highest BCUT2D eigenvalue weighted by Crippen LogP contribution is 2.37. The van der Waals surface area contributed by atoms with Crippen LogP contribution in [0.4, 0.5) is 5.69 Å². The van der Waals surface area contributed by atoms with Crippen LogP contribution < -0.4 is 14.4 Å². The maximum absolute atomic E-state index is 12.5. The molecule has 0 radical (unpaired) electrons. The van der Waals surface area contributed by atoms with E-state index >= 15 is 0 Å². The molecule has 1 aliphatic rings. The number of unbranched alkanes of at least 4 members (excludes halogenated alkanes) is 1. The summed E-state index contributed by atoms with van der Waals surface area (Å²) in [5.74, 6) is 1.62. The predicted octanol–water partition coefficient (Wildman–Crippen LogP) is 5.32. The van der Waals surface area contributed by atoms with Gasteiger partial charge in [-0.05, 0) is 63.9 Å². The summed E-state index contributed by atoms with van der Waals surface area (Å²) in [5.41, 5.74) is 4.04. The fraction of sp³-hybridized carbons (Fsp3) is 0.333. The van der Waals surface area contributed by atoms with E-state index in [9.17, 15) is 4.79 Å². The van der Waals surface area contributed by atoms with Crippen molar-refractivity contribution in [3.05, 3.63) is 57.9 Å². The molecule has 0 N–H and O–H groups in total. The number of ether oxygens (including phenoxy) is 2. The van der Waals surface area contributed by atoms with E-state index in [1.54, 1.807) is 11.3 Å². The third-order valence-corrected chi connectivity index (χ3v) is 6.03. The van der Waals surface area contributed by atoms with Crippen molar-refractivity contribution >= 4 is 22.9 Å². The largest absolute Gasteiger partial charge is 0.494 e. The summed E-state index contributed by atoms with van der Waals surface area (Å²) in [6.45, 7) is 7.51. The van der Waals surface area contributed by atoms with Crippen molar-refractivity contribution in [1.29, 1.82) is 0 Å². The minimum absolute atomic E-state index is 0.00900. The number of aryl methyl sites for hydroxylation is 3. The molecule has 3 aromatic rings. The number of fused-ring (bicyclic) bond motifs is 1. The second kappa shape index (κ2) is 8.88. The molecule has 4 rings (SSSR count). The van der Waals surface area contributed by atoms with Crippen molar-refractivity contribution in [2.45, 2.75) is 33.6 Å². The second-order valence-corrected chi connectivity index (χ2v) is 8.93. The number of hydrogen-bond acceptors (Lipinski definition) is 5. The van der Waals surface area contributed by atoms with Crippen LogP contribution in [0.3, 0.4) is 0 Å². The van der Waals surface area contributed by atoms with Crippen molar-refractivity contribution < 1.29 is 14.3 Å². The number of thiazole rings is 1. The van der Waals surface area contributed by atoms with Gasteiger partial charge in [-0.25, -0.2) is 4.98 Å². The quantitative estimate of drug-likeness (QED) is 0.484. The third kappa shape index (κ3) is 4.49. The summed E-state index contributed by atoms with van der Waals surface area (Å²) in [7, 11) is 0. The molecule has 2 aromatic carbocycles. The molecule has 0 saturated carbocycles. The average molecular weight is 423 g/mol. The first-order chi connectivity index (χ1) is 14.5. The Morgan fingerprint density at radius 3 is 2.63 bits per heavy atom. The Kier molecular flexibility index (Phi) is 6.04. The van der Waals surface area contributed by atoms with Gasteiger partial charge in [0.05, 0.1) is 23.0 Å². The number of hydrogen-bond donors (Lipinski definition) is 0. The van der Waals surface area contributed by atoms with E-state index in [1.807, 2.05) is 54.3 Å². The molecule has 0 aliphatic carbocycles. The van der Waals surface area contributed by atoms with E-state index in [1.165, 1.54) is 10.4 Å². The predicted molar refractivity (Wildman–Crippen MR) is 121 cm³/mol. The molecular weight excluding hydrogens is 396 g/mol. The number of rotatable bonds is 7. The summed E-state index contributed by atoms with van der Waals surface area (Å²) in [4.78, 5) is 20.2. The van der Waals surface area contributed by atoms with Gasteiger partial charge in [-0.3, -0.25) is 4.79 Å². The van der Waals surface area contributed by atoms with Crippen LogP contribution in [0.2, 0.25) is 0 Å². The van der Waals surface area contributed by atoms with Crippen LogP contribution >= 0.6 is 11.3 Å². The first kappa shape index (κ1) is 20.4. The highest BCUT2D eigenvalue weighted by Gasteiger charge is 2.26. The van der Waals surface area contributed by atoms with Gasteiger partial charge in [0, 0.05) is 17.0 Å². The smallest absolute Gasteiger partial charge is 0.265 e. The number of nitrogens with zero attached hydrogens (tertiary/aromatic N) is 2. The van der Waals surface area contributed by atoms with Crippen molar-refractivity contribution in [1.82, 2.24) is 4.98 Å². The molecule has 1 aromatic heterocycles. The van der Waals surface area contributed by atoms with Gasteiger partial charge in [0.25, 0.3) is 5.91 Å². The highest BCUT2D eigenvalue weighted by molar-refractivity contribution is 7.11. The molecule has 0 spiro atoms. The Labute approximate surface area is 181 Å². The minimum atomic E-state index is -0.00900. The molecule has 0 bridgehead atoms. The van der Waals surface area contributed by atoms with Crippen LogP contribution in [-0.4, -0.2) is 30.6 Å². The Hall–Kier alpha value is -2.86. The van der Waals surface area contributed by atoms with Crippen molar-refractivity contribution in [3.63, 3.8) is 0 Å². The summed E-state index contributed by atoms with van der Waals surface area (Å²) in [6.07, 6.45) is 1.73. The molecule has 2 heterocycles. The van der Waals surface area contributed by atoms with E-state index in [2.05, 4.69) is 18.8 Å². The lowest BCUT2D eigenvalue weighted by Crippen LogP contribution is -2.39. The molecule has 5 nitrogen and oxygen atoms in total. The maximum atomic E-state index is 12.5. The van der Waals surface area contributed by atoms with Crippen molar-refractivity contribution in [2.75, 3.05) is 24.7 Å². The zero-order valence-corrected chi connectivity index (χ0v) is 18.4. The fourth-order valence-corrected chi connectivity index (χ4v) is 4.43. The Morgan fingerprint density at radius 2 is 1.90 bits per heavy atom. The van der Waals surface area contributed by atoms with Crippen LogP contribution in [0.15, 0.2) is 42.5 Å². The molecule has 6 heteroatoms. The molecule has 0 fully saturated rings. The van der Waals surface area contributed by atoms with Crippen LogP contribution in [0.5, 0.6) is 11.5 Å². The van der Waals surface area contributed by atoms with E-state index in [4.69, 9.17) is 9.47 Å². The zero-order chi connectivity index (χ0) is 21.1. The van der Waals surface area contributed by atoms with Gasteiger partial charge in [-0.1, -0.05) is 17.7 Å². The molecule has 1 amide bonds. The molecule has 156 valence electrons. The normalized spacial score (nSPS) is 13.2. The Morgan fingerprint density at radius 1 is 1.10 bits per heavy atom. The van der Waals surface area contributed by atoms with Gasteiger partial charge in [0.1, 0.15) is 11.5 Å². The van der Waals surface area contributed by atoms with Crippen LogP contribution in [0.25, 0.3) is 11.3 Å². The molecule has 0 saturated heterocycles. The van der Waals surface area contributed by atoms with Crippen LogP contribution in [0.1, 0.15) is 28.3 Å². The first-order valence-electron chi connectivity index (χ1n) is 10.2. The van der Waals surface area contributed by atoms with E-state index in [0.29, 0.717) is 13.2 Å². The van der Waals surface area contributed by atoms with Gasteiger partial charge in [0.15, 0.2) is 6.61 Å². The standard InChI is InChI=1S/C24H26N2O3S/c1-16-6-9-20(10-7-16)28-13-5-4-12-26-21-14-19(24-17(2)30-18(3)25-24)8-11-22(21)29-15-23(26)27/h6-11,14H,4-5,12-13,15H2,1-3H3. The molecule has 30 heavy (non-hydrogen) atoms. The highest BCUT2D eigenvalue weighted by atomic mass is 32.1. The molecular formula is C24H26N2O3S. The van der Waals surface area contributed by atoms with Gasteiger partial charge in [0.2, 0.25) is 0 Å². The van der Waals surface area contributed by atoms with Gasteiger partial charge in [-0.2, -0.15) is 0 Å². The first-order valence-corrected chi connectivity index (χ1v) is 11.0. The van der Waals surface area contributed by atoms with Gasteiger partial charge < -0.3 is 14.4 Å². The second-order valence-electron chi connectivity index (χ2n) is 7.52. The van der Waals surface area contributed by atoms with Crippen LogP contribution in [0, 0.1) is 20.8 Å². The van der Waals surface area contributed by atoms with Crippen molar-refractivity contribution in [2.24, 2.45) is 0 Å². The Bertz CT molecular complexity index is 1040. The topological polar surface area (TPSA) is 51.7 Å². The van der Waals surface area contributed by atoms with Gasteiger partial charge in [-0.15, -0.1) is 11.3 Å². The Balaban J connectivity index is 1.41. The number of amides is 1. The zero-order valence-electron chi connectivity index (χ0n) is 17.6. The monoisotopic (exact) mass is 422 g/mol. The average Bonchev–Trinajstić information content (AvgIpc) is 3.08. The number of benzene rings is 2. The van der Waals surface area contributed by atoms with Gasteiger partial charge >= 0.3 is 0 Å². The third-order valence-electron chi connectivity index (χ3n) is 5.14. The molecule has 0 unspecified atom stereocenters. The lowest BCUT2D eigenvalue weighted by Gasteiger charge is -2.29. The summed E-state index contributed by atoms with van der Waals surface area (Å²) < 4.78 is 11.5. The summed E-state index contributed by atoms with van der Waals surface area (Å²) in [6, 6.07) is 14.0. The maximum Gasteiger partial charge on any atom is 0.265 e. The number of carbonyl (C=O) groups is 1. The number of carbonyl (C=O) groups excluding carboxylic acids is 1. The van der Waals surface area contributed by atoms with Crippen molar-refractivity contribution in [3.8, 4) is 22.8 Å². The number of anilines is 1. The SMILES string of the molecule is Cc1ccc(OCCCCN2C(=O)COc3ccc(-c4nc(C)sc4C)cc32)cc1. The lowest BCUT2D eigenvalue weighted by molar-refractivity contribution is -0.121. The van der Waals surface area contributed by atoms with E-state index in [-0.39, 0.29) is 12.5 Å². The van der Waals surface area contributed by atoms with Crippen LogP contribution in [-0.2, 0) is 4.79 Å². The summed E-state index contributed by atoms with van der Waals surface area (Å²) >= 11 is 1.68. The molecule has 1 aliphatic heterocycles. The molecule has 0 atom stereocenters. The number of aromatic nitrogens is 1.